The third kappa shape index (κ3) is 4.37. The first-order valence-electron chi connectivity index (χ1n) is 8.22. The van der Waals surface area contributed by atoms with Gasteiger partial charge in [0, 0.05) is 25.1 Å². The summed E-state index contributed by atoms with van der Waals surface area (Å²) in [5.41, 5.74) is 0.971. The first-order valence-corrected chi connectivity index (χ1v) is 8.22. The van der Waals surface area contributed by atoms with Crippen LogP contribution < -0.4 is 0 Å². The Morgan fingerprint density at radius 1 is 1.30 bits per heavy atom. The fraction of sp³-hybridized carbons (Fsp3) is 0.750. The van der Waals surface area contributed by atoms with Gasteiger partial charge in [0.2, 0.25) is 11.8 Å². The van der Waals surface area contributed by atoms with Gasteiger partial charge in [-0.25, -0.2) is 0 Å². The Labute approximate surface area is 137 Å². The first kappa shape index (κ1) is 17.6. The SMILES string of the molecule is CC(C)c1cn(CCCOCN2C(=O)CC(C(C)C)C2=O)nn1. The van der Waals surface area contributed by atoms with Crippen molar-refractivity contribution in [2.75, 3.05) is 13.3 Å². The van der Waals surface area contributed by atoms with E-state index in [0.717, 1.165) is 12.1 Å². The van der Waals surface area contributed by atoms with Gasteiger partial charge in [0.05, 0.1) is 12.3 Å². The van der Waals surface area contributed by atoms with Crippen LogP contribution in [0.15, 0.2) is 6.20 Å². The first-order chi connectivity index (χ1) is 10.9. The average Bonchev–Trinajstić information content (AvgIpc) is 3.06. The van der Waals surface area contributed by atoms with Crippen LogP contribution in [0.4, 0.5) is 0 Å². The van der Waals surface area contributed by atoms with E-state index in [2.05, 4.69) is 24.2 Å². The number of nitrogens with zero attached hydrogens (tertiary/aromatic N) is 4. The fourth-order valence-corrected chi connectivity index (χ4v) is 2.54. The minimum absolute atomic E-state index is 0.0511. The van der Waals surface area contributed by atoms with Gasteiger partial charge in [-0.15, -0.1) is 5.10 Å². The second kappa shape index (κ2) is 7.68. The predicted octanol–water partition coefficient (Wildman–Crippen LogP) is 1.80. The third-order valence-corrected chi connectivity index (χ3v) is 4.13. The maximum Gasteiger partial charge on any atom is 0.234 e. The summed E-state index contributed by atoms with van der Waals surface area (Å²) in [7, 11) is 0. The number of aryl methyl sites for hydroxylation is 1. The summed E-state index contributed by atoms with van der Waals surface area (Å²) >= 11 is 0. The van der Waals surface area contributed by atoms with Gasteiger partial charge >= 0.3 is 0 Å². The van der Waals surface area contributed by atoms with Gasteiger partial charge in [-0.05, 0) is 18.3 Å². The van der Waals surface area contributed by atoms with Gasteiger partial charge < -0.3 is 4.74 Å². The summed E-state index contributed by atoms with van der Waals surface area (Å²) in [5.74, 6) is 0.102. The average molecular weight is 322 g/mol. The highest BCUT2D eigenvalue weighted by Gasteiger charge is 2.39. The molecule has 23 heavy (non-hydrogen) atoms. The van der Waals surface area contributed by atoms with E-state index in [9.17, 15) is 9.59 Å². The van der Waals surface area contributed by atoms with Crippen LogP contribution in [0.25, 0.3) is 0 Å². The second-order valence-corrected chi connectivity index (χ2v) is 6.67. The molecule has 1 aromatic heterocycles. The van der Waals surface area contributed by atoms with E-state index in [4.69, 9.17) is 4.74 Å². The van der Waals surface area contributed by atoms with E-state index in [1.54, 1.807) is 4.68 Å². The molecule has 1 aromatic rings. The van der Waals surface area contributed by atoms with Gasteiger partial charge in [-0.1, -0.05) is 32.9 Å². The number of carbonyl (C=O) groups excluding carboxylic acids is 2. The Morgan fingerprint density at radius 2 is 2.04 bits per heavy atom. The van der Waals surface area contributed by atoms with Crippen molar-refractivity contribution in [2.45, 2.75) is 53.0 Å². The van der Waals surface area contributed by atoms with Crippen LogP contribution in [0.1, 0.15) is 52.1 Å². The number of aromatic nitrogens is 3. The zero-order chi connectivity index (χ0) is 17.0. The van der Waals surface area contributed by atoms with Gasteiger partial charge in [0.25, 0.3) is 0 Å². The molecular weight excluding hydrogens is 296 g/mol. The fourth-order valence-electron chi connectivity index (χ4n) is 2.54. The van der Waals surface area contributed by atoms with Crippen molar-refractivity contribution < 1.29 is 14.3 Å². The van der Waals surface area contributed by atoms with Crippen molar-refractivity contribution in [1.82, 2.24) is 19.9 Å². The Bertz CT molecular complexity index is 553. The van der Waals surface area contributed by atoms with Crippen LogP contribution in [0.2, 0.25) is 0 Å². The van der Waals surface area contributed by atoms with Crippen molar-refractivity contribution in [1.29, 1.82) is 0 Å². The van der Waals surface area contributed by atoms with Crippen molar-refractivity contribution in [2.24, 2.45) is 11.8 Å². The Kier molecular flexibility index (Phi) is 5.87. The third-order valence-electron chi connectivity index (χ3n) is 4.13. The highest BCUT2D eigenvalue weighted by atomic mass is 16.5. The lowest BCUT2D eigenvalue weighted by atomic mass is 9.95. The van der Waals surface area contributed by atoms with Crippen LogP contribution in [0.3, 0.4) is 0 Å². The molecule has 0 saturated carbocycles. The van der Waals surface area contributed by atoms with Crippen molar-refractivity contribution in [3.8, 4) is 0 Å². The monoisotopic (exact) mass is 322 g/mol. The lowest BCUT2D eigenvalue weighted by Crippen LogP contribution is -2.34. The van der Waals surface area contributed by atoms with E-state index in [1.165, 1.54) is 4.90 Å². The van der Waals surface area contributed by atoms with Crippen molar-refractivity contribution in [3.05, 3.63) is 11.9 Å². The quantitative estimate of drug-likeness (QED) is 0.539. The topological polar surface area (TPSA) is 77.3 Å². The minimum atomic E-state index is -0.198. The molecule has 0 radical (unpaired) electrons. The molecule has 0 aromatic carbocycles. The van der Waals surface area contributed by atoms with Gasteiger partial charge in [-0.2, -0.15) is 0 Å². The normalized spacial score (nSPS) is 18.7. The predicted molar refractivity (Wildman–Crippen MR) is 84.3 cm³/mol. The highest BCUT2D eigenvalue weighted by molar-refractivity contribution is 6.03. The smallest absolute Gasteiger partial charge is 0.234 e. The number of hydrogen-bond donors (Lipinski definition) is 0. The number of carbonyl (C=O) groups is 2. The number of rotatable bonds is 8. The highest BCUT2D eigenvalue weighted by Crippen LogP contribution is 2.26. The van der Waals surface area contributed by atoms with Gasteiger partial charge in [-0.3, -0.25) is 19.2 Å². The molecule has 0 spiro atoms. The van der Waals surface area contributed by atoms with Crippen LogP contribution in [0.5, 0.6) is 0 Å². The Morgan fingerprint density at radius 3 is 2.61 bits per heavy atom. The van der Waals surface area contributed by atoms with Crippen LogP contribution >= 0.6 is 0 Å². The summed E-state index contributed by atoms with van der Waals surface area (Å²) in [6.07, 6.45) is 2.99. The molecule has 1 aliphatic rings. The molecule has 0 N–H and O–H groups in total. The van der Waals surface area contributed by atoms with Gasteiger partial charge in [0.15, 0.2) is 0 Å². The molecule has 2 heterocycles. The summed E-state index contributed by atoms with van der Waals surface area (Å²) in [4.78, 5) is 25.2. The lowest BCUT2D eigenvalue weighted by molar-refractivity contribution is -0.146. The van der Waals surface area contributed by atoms with E-state index in [1.807, 2.05) is 20.0 Å². The molecular formula is C16H26N4O3. The van der Waals surface area contributed by atoms with Crippen molar-refractivity contribution in [3.63, 3.8) is 0 Å². The molecule has 7 nitrogen and oxygen atoms in total. The Balaban J connectivity index is 1.69. The number of ether oxygens (including phenoxy) is 1. The number of amides is 2. The van der Waals surface area contributed by atoms with E-state index >= 15 is 0 Å². The van der Waals surface area contributed by atoms with E-state index < -0.39 is 0 Å². The molecule has 1 fully saturated rings. The minimum Gasteiger partial charge on any atom is -0.360 e. The summed E-state index contributed by atoms with van der Waals surface area (Å²) in [6, 6.07) is 0. The molecule has 0 aliphatic carbocycles. The largest absolute Gasteiger partial charge is 0.360 e. The second-order valence-electron chi connectivity index (χ2n) is 6.67. The van der Waals surface area contributed by atoms with Crippen LogP contribution in [-0.2, 0) is 20.9 Å². The summed E-state index contributed by atoms with van der Waals surface area (Å²) < 4.78 is 7.28. The lowest BCUT2D eigenvalue weighted by Gasteiger charge is -2.16. The number of likely N-dealkylation sites (tertiary alicyclic amines) is 1. The molecule has 2 amide bonds. The molecule has 0 bridgehead atoms. The maximum absolute atomic E-state index is 12.1. The molecule has 7 heteroatoms. The van der Waals surface area contributed by atoms with Crippen LogP contribution in [-0.4, -0.2) is 45.0 Å². The molecule has 128 valence electrons. The number of imide groups is 1. The molecule has 1 unspecified atom stereocenters. The number of hydrogen-bond acceptors (Lipinski definition) is 5. The zero-order valence-corrected chi connectivity index (χ0v) is 14.4. The molecule has 1 aliphatic heterocycles. The summed E-state index contributed by atoms with van der Waals surface area (Å²) in [5, 5.41) is 8.16. The van der Waals surface area contributed by atoms with Crippen molar-refractivity contribution >= 4 is 11.8 Å². The molecule has 1 saturated heterocycles. The Hall–Kier alpha value is -1.76. The summed E-state index contributed by atoms with van der Waals surface area (Å²) in [6.45, 7) is 9.30. The zero-order valence-electron chi connectivity index (χ0n) is 14.4. The molecule has 1 atom stereocenters. The van der Waals surface area contributed by atoms with E-state index in [-0.39, 0.29) is 30.4 Å². The van der Waals surface area contributed by atoms with Gasteiger partial charge in [0.1, 0.15) is 6.73 Å². The maximum atomic E-state index is 12.1. The van der Waals surface area contributed by atoms with E-state index in [0.29, 0.717) is 25.5 Å². The standard InChI is InChI=1S/C16H26N4O3/c1-11(2)13-8-15(21)20(16(13)22)10-23-7-5-6-19-9-14(12(3)4)17-18-19/h9,11-13H,5-8,10H2,1-4H3. The van der Waals surface area contributed by atoms with Crippen LogP contribution in [0, 0.1) is 11.8 Å². The molecule has 2 rings (SSSR count).